The Hall–Kier alpha value is -1.26. The second-order valence-corrected chi connectivity index (χ2v) is 6.17. The minimum Gasteiger partial charge on any atom is -0.481 e. The van der Waals surface area contributed by atoms with Gasteiger partial charge in [0.2, 0.25) is 0 Å². The van der Waals surface area contributed by atoms with Crippen molar-refractivity contribution in [3.63, 3.8) is 0 Å². The zero-order valence-corrected chi connectivity index (χ0v) is 11.7. The molecule has 2 amide bonds. The van der Waals surface area contributed by atoms with E-state index in [1.807, 2.05) is 0 Å². The van der Waals surface area contributed by atoms with E-state index in [1.54, 1.807) is 11.9 Å². The average Bonchev–Trinajstić information content (AvgIpc) is 2.70. The maximum absolute atomic E-state index is 12.2. The summed E-state index contributed by atoms with van der Waals surface area (Å²) in [5.74, 6) is -0.196. The minimum atomic E-state index is -0.830. The highest BCUT2D eigenvalue weighted by Crippen LogP contribution is 2.33. The Balaban J connectivity index is 1.88. The van der Waals surface area contributed by atoms with Gasteiger partial charge in [0.15, 0.2) is 0 Å². The highest BCUT2D eigenvalue weighted by Gasteiger charge is 2.38. The highest BCUT2D eigenvalue weighted by molar-refractivity contribution is 5.76. The quantitative estimate of drug-likeness (QED) is 0.803. The zero-order chi connectivity index (χ0) is 13.9. The number of carboxylic acids is 1. The minimum absolute atomic E-state index is 0.0377. The lowest BCUT2D eigenvalue weighted by atomic mass is 9.85. The number of nitrogens with zero attached hydrogens (tertiary/aromatic N) is 1. The topological polar surface area (TPSA) is 69.6 Å². The van der Waals surface area contributed by atoms with Gasteiger partial charge in [-0.2, -0.15) is 0 Å². The number of carbonyl (C=O) groups is 2. The van der Waals surface area contributed by atoms with Crippen molar-refractivity contribution >= 4 is 12.0 Å². The molecular weight excluding hydrogens is 244 g/mol. The van der Waals surface area contributed by atoms with Gasteiger partial charge in [-0.05, 0) is 31.6 Å². The summed E-state index contributed by atoms with van der Waals surface area (Å²) in [6, 6.07) is -0.116. The van der Waals surface area contributed by atoms with Gasteiger partial charge in [0.05, 0.1) is 12.0 Å². The van der Waals surface area contributed by atoms with Gasteiger partial charge >= 0.3 is 12.0 Å². The van der Waals surface area contributed by atoms with Crippen LogP contribution >= 0.6 is 0 Å². The third kappa shape index (κ3) is 3.61. The summed E-state index contributed by atoms with van der Waals surface area (Å²) in [4.78, 5) is 24.9. The highest BCUT2D eigenvalue weighted by atomic mass is 16.4. The first-order valence-corrected chi connectivity index (χ1v) is 7.26. The first-order chi connectivity index (χ1) is 9.01. The molecule has 2 rings (SSSR count). The maximum Gasteiger partial charge on any atom is 0.317 e. The molecule has 0 aromatic rings. The molecule has 19 heavy (non-hydrogen) atoms. The molecule has 2 aliphatic carbocycles. The number of rotatable bonds is 5. The van der Waals surface area contributed by atoms with Crippen LogP contribution in [0, 0.1) is 5.92 Å². The third-order valence-corrected chi connectivity index (χ3v) is 4.53. The lowest BCUT2D eigenvalue weighted by Crippen LogP contribution is -2.53. The zero-order valence-electron chi connectivity index (χ0n) is 11.7. The first kappa shape index (κ1) is 14.2. The molecule has 0 radical (unpaired) electrons. The lowest BCUT2D eigenvalue weighted by Gasteiger charge is -2.34. The maximum atomic E-state index is 12.2. The van der Waals surface area contributed by atoms with Crippen LogP contribution in [-0.2, 0) is 4.79 Å². The van der Waals surface area contributed by atoms with Gasteiger partial charge in [0, 0.05) is 13.6 Å². The number of carboxylic acid groups (broad SMARTS) is 1. The van der Waals surface area contributed by atoms with E-state index < -0.39 is 11.5 Å². The molecule has 5 nitrogen and oxygen atoms in total. The SMILES string of the molecule is CN(CC1CCC1)C(=O)NC1(CC(=O)O)CCCC1. The van der Waals surface area contributed by atoms with Crippen LogP contribution in [0.1, 0.15) is 51.4 Å². The van der Waals surface area contributed by atoms with E-state index in [9.17, 15) is 9.59 Å². The fourth-order valence-electron chi connectivity index (χ4n) is 3.16. The molecule has 0 unspecified atom stereocenters. The van der Waals surface area contributed by atoms with Crippen LogP contribution in [0.5, 0.6) is 0 Å². The van der Waals surface area contributed by atoms with Gasteiger partial charge in [-0.15, -0.1) is 0 Å². The molecule has 0 aromatic heterocycles. The normalized spacial score (nSPS) is 21.7. The monoisotopic (exact) mass is 268 g/mol. The van der Waals surface area contributed by atoms with Gasteiger partial charge in [-0.3, -0.25) is 4.79 Å². The summed E-state index contributed by atoms with van der Waals surface area (Å²) in [6.07, 6.45) is 7.28. The predicted octanol–water partition coefficient (Wildman–Crippen LogP) is 2.22. The molecule has 0 spiro atoms. The fourth-order valence-corrected chi connectivity index (χ4v) is 3.16. The second kappa shape index (κ2) is 5.80. The standard InChI is InChI=1S/C14H24N2O3/c1-16(10-11-5-4-6-11)13(19)15-14(9-12(17)18)7-2-3-8-14/h11H,2-10H2,1H3,(H,15,19)(H,17,18). The summed E-state index contributed by atoms with van der Waals surface area (Å²) in [5, 5.41) is 12.0. The van der Waals surface area contributed by atoms with Gasteiger partial charge in [0.1, 0.15) is 0 Å². The molecule has 108 valence electrons. The molecule has 5 heteroatoms. The summed E-state index contributed by atoms with van der Waals surface area (Å²) < 4.78 is 0. The van der Waals surface area contributed by atoms with Gasteiger partial charge < -0.3 is 15.3 Å². The number of urea groups is 1. The van der Waals surface area contributed by atoms with Crippen LogP contribution in [0.2, 0.25) is 0 Å². The predicted molar refractivity (Wildman–Crippen MR) is 72.0 cm³/mol. The van der Waals surface area contributed by atoms with Crippen molar-refractivity contribution in [1.82, 2.24) is 10.2 Å². The van der Waals surface area contributed by atoms with Crippen LogP contribution in [-0.4, -0.2) is 41.1 Å². The number of hydrogen-bond donors (Lipinski definition) is 2. The van der Waals surface area contributed by atoms with Crippen LogP contribution in [0.15, 0.2) is 0 Å². The number of aliphatic carboxylic acids is 1. The second-order valence-electron chi connectivity index (χ2n) is 6.17. The van der Waals surface area contributed by atoms with Crippen LogP contribution in [0.25, 0.3) is 0 Å². The van der Waals surface area contributed by atoms with E-state index in [4.69, 9.17) is 5.11 Å². The molecule has 0 saturated heterocycles. The van der Waals surface area contributed by atoms with Gasteiger partial charge in [-0.1, -0.05) is 19.3 Å². The summed E-state index contributed by atoms with van der Waals surface area (Å²) in [7, 11) is 1.80. The van der Waals surface area contributed by atoms with E-state index in [0.29, 0.717) is 5.92 Å². The smallest absolute Gasteiger partial charge is 0.317 e. The summed E-state index contributed by atoms with van der Waals surface area (Å²) >= 11 is 0. The van der Waals surface area contributed by atoms with Crippen LogP contribution in [0.3, 0.4) is 0 Å². The molecule has 0 atom stereocenters. The van der Waals surface area contributed by atoms with E-state index in [1.165, 1.54) is 19.3 Å². The molecule has 2 fully saturated rings. The lowest BCUT2D eigenvalue weighted by molar-refractivity contribution is -0.138. The molecule has 0 bridgehead atoms. The molecule has 0 aromatic carbocycles. The molecule has 0 heterocycles. The van der Waals surface area contributed by atoms with Crippen molar-refractivity contribution in [2.24, 2.45) is 5.92 Å². The van der Waals surface area contributed by atoms with E-state index in [2.05, 4.69) is 5.32 Å². The number of nitrogens with one attached hydrogen (secondary N) is 1. The Morgan fingerprint density at radius 1 is 1.26 bits per heavy atom. The number of hydrogen-bond acceptors (Lipinski definition) is 2. The largest absolute Gasteiger partial charge is 0.481 e. The Bertz CT molecular complexity index is 347. The Morgan fingerprint density at radius 2 is 1.89 bits per heavy atom. The summed E-state index contributed by atoms with van der Waals surface area (Å²) in [6.45, 7) is 0.787. The molecule has 2 N–H and O–H groups in total. The van der Waals surface area contributed by atoms with E-state index in [0.717, 1.165) is 32.2 Å². The van der Waals surface area contributed by atoms with Crippen molar-refractivity contribution in [1.29, 1.82) is 0 Å². The molecule has 0 aliphatic heterocycles. The van der Waals surface area contributed by atoms with E-state index in [-0.39, 0.29) is 12.5 Å². The number of carbonyl (C=O) groups excluding carboxylic acids is 1. The molecule has 2 saturated carbocycles. The van der Waals surface area contributed by atoms with E-state index >= 15 is 0 Å². The summed E-state index contributed by atoms with van der Waals surface area (Å²) in [5.41, 5.74) is -0.517. The van der Waals surface area contributed by atoms with Crippen LogP contribution in [0.4, 0.5) is 4.79 Å². The fraction of sp³-hybridized carbons (Fsp3) is 0.857. The molecule has 2 aliphatic rings. The number of amides is 2. The third-order valence-electron chi connectivity index (χ3n) is 4.53. The molecular formula is C14H24N2O3. The van der Waals surface area contributed by atoms with Gasteiger partial charge in [-0.25, -0.2) is 4.79 Å². The van der Waals surface area contributed by atoms with Crippen molar-refractivity contribution in [3.8, 4) is 0 Å². The Kier molecular flexibility index (Phi) is 4.32. The Morgan fingerprint density at radius 3 is 2.37 bits per heavy atom. The van der Waals surface area contributed by atoms with Crippen LogP contribution < -0.4 is 5.32 Å². The van der Waals surface area contributed by atoms with Crippen molar-refractivity contribution < 1.29 is 14.7 Å². The Labute approximate surface area is 114 Å². The van der Waals surface area contributed by atoms with Crippen molar-refractivity contribution in [2.75, 3.05) is 13.6 Å². The average molecular weight is 268 g/mol. The van der Waals surface area contributed by atoms with Crippen molar-refractivity contribution in [3.05, 3.63) is 0 Å². The van der Waals surface area contributed by atoms with Crippen molar-refractivity contribution in [2.45, 2.75) is 56.9 Å². The van der Waals surface area contributed by atoms with Gasteiger partial charge in [0.25, 0.3) is 0 Å². The first-order valence-electron chi connectivity index (χ1n) is 7.26.